The second-order valence-corrected chi connectivity index (χ2v) is 6.63. The number of hydrogen-bond acceptors (Lipinski definition) is 3. The molecular weight excluding hydrogens is 226 g/mol. The molecule has 1 aliphatic carbocycles. The van der Waals surface area contributed by atoms with Gasteiger partial charge in [-0.3, -0.25) is 4.68 Å². The summed E-state index contributed by atoms with van der Waals surface area (Å²) in [6.45, 7) is 9.62. The highest BCUT2D eigenvalue weighted by Gasteiger charge is 2.47. The van der Waals surface area contributed by atoms with E-state index in [1.54, 1.807) is 6.33 Å². The summed E-state index contributed by atoms with van der Waals surface area (Å²) in [4.78, 5) is 4.32. The highest BCUT2D eigenvalue weighted by atomic mass is 16.3. The molecule has 1 fully saturated rings. The first-order valence-corrected chi connectivity index (χ1v) is 6.95. The van der Waals surface area contributed by atoms with Crippen molar-refractivity contribution in [2.75, 3.05) is 0 Å². The molecule has 0 aromatic carbocycles. The topological polar surface area (TPSA) is 50.9 Å². The first-order valence-electron chi connectivity index (χ1n) is 6.95. The van der Waals surface area contributed by atoms with Crippen LogP contribution in [0.2, 0.25) is 0 Å². The number of hydrogen-bond donors (Lipinski definition) is 1. The normalized spacial score (nSPS) is 30.8. The summed E-state index contributed by atoms with van der Waals surface area (Å²) in [5.74, 6) is 1.24. The van der Waals surface area contributed by atoms with Crippen LogP contribution in [0.3, 0.4) is 0 Å². The van der Waals surface area contributed by atoms with Gasteiger partial charge in [-0.1, -0.05) is 27.7 Å². The van der Waals surface area contributed by atoms with Crippen molar-refractivity contribution in [3.05, 3.63) is 12.2 Å². The van der Waals surface area contributed by atoms with Crippen LogP contribution in [0.15, 0.2) is 6.33 Å². The minimum Gasteiger partial charge on any atom is -0.389 e. The van der Waals surface area contributed by atoms with Gasteiger partial charge in [-0.05, 0) is 30.6 Å². The summed E-state index contributed by atoms with van der Waals surface area (Å²) >= 11 is 0. The molecule has 0 bridgehead atoms. The summed E-state index contributed by atoms with van der Waals surface area (Å²) in [6, 6.07) is 0. The maximum Gasteiger partial charge on any atom is 0.138 e. The van der Waals surface area contributed by atoms with Crippen molar-refractivity contribution in [3.8, 4) is 0 Å². The molecule has 1 N–H and O–H groups in total. The van der Waals surface area contributed by atoms with Gasteiger partial charge in [0.2, 0.25) is 0 Å². The molecule has 1 aliphatic rings. The fraction of sp³-hybridized carbons (Fsp3) is 0.857. The van der Waals surface area contributed by atoms with Crippen LogP contribution in [0, 0.1) is 11.3 Å². The molecule has 1 saturated carbocycles. The van der Waals surface area contributed by atoms with Gasteiger partial charge in [0, 0.05) is 13.0 Å². The third-order valence-corrected chi connectivity index (χ3v) is 4.16. The van der Waals surface area contributed by atoms with E-state index in [2.05, 4.69) is 37.8 Å². The predicted octanol–water partition coefficient (Wildman–Crippen LogP) is 2.42. The Labute approximate surface area is 109 Å². The van der Waals surface area contributed by atoms with E-state index < -0.39 is 5.60 Å². The highest BCUT2D eigenvalue weighted by molar-refractivity contribution is 5.04. The van der Waals surface area contributed by atoms with E-state index in [0.717, 1.165) is 31.6 Å². The monoisotopic (exact) mass is 251 g/mol. The van der Waals surface area contributed by atoms with Crippen LogP contribution in [-0.2, 0) is 13.0 Å². The number of aromatic nitrogens is 3. The van der Waals surface area contributed by atoms with Gasteiger partial charge in [-0.25, -0.2) is 4.98 Å². The molecule has 0 aliphatic heterocycles. The Morgan fingerprint density at radius 3 is 2.78 bits per heavy atom. The Hall–Kier alpha value is -0.900. The summed E-state index contributed by atoms with van der Waals surface area (Å²) in [7, 11) is 0. The average molecular weight is 251 g/mol. The zero-order valence-corrected chi connectivity index (χ0v) is 12.0. The minimum absolute atomic E-state index is 0.226. The molecule has 0 amide bonds. The molecule has 2 rings (SSSR count). The lowest BCUT2D eigenvalue weighted by Gasteiger charge is -2.28. The van der Waals surface area contributed by atoms with Crippen LogP contribution in [0.25, 0.3) is 0 Å². The predicted molar refractivity (Wildman–Crippen MR) is 71.1 cm³/mol. The Bertz CT molecular complexity index is 413. The van der Waals surface area contributed by atoms with Crippen LogP contribution in [0.1, 0.15) is 52.8 Å². The number of nitrogens with zero attached hydrogens (tertiary/aromatic N) is 3. The quantitative estimate of drug-likeness (QED) is 0.894. The third-order valence-electron chi connectivity index (χ3n) is 4.16. The Morgan fingerprint density at radius 1 is 1.50 bits per heavy atom. The summed E-state index contributed by atoms with van der Waals surface area (Å²) in [6.07, 6.45) is 5.18. The van der Waals surface area contributed by atoms with E-state index in [9.17, 15) is 5.11 Å². The maximum atomic E-state index is 10.9. The largest absolute Gasteiger partial charge is 0.389 e. The van der Waals surface area contributed by atoms with Crippen LogP contribution >= 0.6 is 0 Å². The molecule has 2 unspecified atom stereocenters. The van der Waals surface area contributed by atoms with E-state index in [1.165, 1.54) is 0 Å². The SMILES string of the molecule is CCCn1ncnc1CC1(O)CC(C)(C)CC1C. The zero-order chi connectivity index (χ0) is 13.4. The van der Waals surface area contributed by atoms with Crippen LogP contribution in [0.4, 0.5) is 0 Å². The van der Waals surface area contributed by atoms with Gasteiger partial charge in [0.05, 0.1) is 5.60 Å². The molecule has 18 heavy (non-hydrogen) atoms. The van der Waals surface area contributed by atoms with Crippen LogP contribution in [-0.4, -0.2) is 25.5 Å². The molecule has 2 atom stereocenters. The van der Waals surface area contributed by atoms with Crippen LogP contribution < -0.4 is 0 Å². The van der Waals surface area contributed by atoms with E-state index in [-0.39, 0.29) is 5.41 Å². The summed E-state index contributed by atoms with van der Waals surface area (Å²) in [5.41, 5.74) is -0.397. The van der Waals surface area contributed by atoms with Crippen molar-refractivity contribution >= 4 is 0 Å². The Morgan fingerprint density at radius 2 is 2.22 bits per heavy atom. The second-order valence-electron chi connectivity index (χ2n) is 6.63. The van der Waals surface area contributed by atoms with E-state index in [4.69, 9.17) is 0 Å². The molecule has 102 valence electrons. The van der Waals surface area contributed by atoms with Gasteiger partial charge in [-0.2, -0.15) is 5.10 Å². The van der Waals surface area contributed by atoms with E-state index in [0.29, 0.717) is 12.3 Å². The molecule has 0 saturated heterocycles. The standard InChI is InChI=1S/C14H25N3O/c1-5-6-17-12(15-10-16-17)8-14(18)9-13(3,4)7-11(14)2/h10-11,18H,5-9H2,1-4H3. The minimum atomic E-state index is -0.623. The van der Waals surface area contributed by atoms with Gasteiger partial charge >= 0.3 is 0 Å². The summed E-state index contributed by atoms with van der Waals surface area (Å²) < 4.78 is 1.93. The zero-order valence-electron chi connectivity index (χ0n) is 12.0. The fourth-order valence-corrected chi connectivity index (χ4v) is 3.43. The average Bonchev–Trinajstić information content (AvgIpc) is 2.71. The summed E-state index contributed by atoms with van der Waals surface area (Å²) in [5, 5.41) is 15.1. The molecule has 4 nitrogen and oxygen atoms in total. The van der Waals surface area contributed by atoms with Crippen molar-refractivity contribution in [1.29, 1.82) is 0 Å². The fourth-order valence-electron chi connectivity index (χ4n) is 3.43. The third kappa shape index (κ3) is 2.58. The highest BCUT2D eigenvalue weighted by Crippen LogP contribution is 2.48. The lowest BCUT2D eigenvalue weighted by Crippen LogP contribution is -2.36. The van der Waals surface area contributed by atoms with E-state index >= 15 is 0 Å². The van der Waals surface area contributed by atoms with Gasteiger partial charge in [-0.15, -0.1) is 0 Å². The number of rotatable bonds is 4. The Kier molecular flexibility index (Phi) is 3.49. The second kappa shape index (κ2) is 4.65. The lowest BCUT2D eigenvalue weighted by molar-refractivity contribution is 0.00174. The van der Waals surface area contributed by atoms with Gasteiger partial charge in [0.25, 0.3) is 0 Å². The number of aryl methyl sites for hydroxylation is 1. The lowest BCUT2D eigenvalue weighted by atomic mass is 9.87. The van der Waals surface area contributed by atoms with Crippen LogP contribution in [0.5, 0.6) is 0 Å². The molecule has 1 aromatic rings. The molecule has 0 radical (unpaired) electrons. The van der Waals surface area contributed by atoms with Gasteiger partial charge < -0.3 is 5.11 Å². The first kappa shape index (κ1) is 13.5. The Balaban J connectivity index is 2.15. The first-order chi connectivity index (χ1) is 8.36. The molecule has 0 spiro atoms. The smallest absolute Gasteiger partial charge is 0.138 e. The van der Waals surface area contributed by atoms with Crippen molar-refractivity contribution in [2.45, 2.75) is 65.5 Å². The van der Waals surface area contributed by atoms with Crippen molar-refractivity contribution in [1.82, 2.24) is 14.8 Å². The molecule has 4 heteroatoms. The molecule has 1 heterocycles. The number of aliphatic hydroxyl groups is 1. The molecular formula is C14H25N3O. The molecule has 1 aromatic heterocycles. The van der Waals surface area contributed by atoms with E-state index in [1.807, 2.05) is 4.68 Å². The van der Waals surface area contributed by atoms with Gasteiger partial charge in [0.1, 0.15) is 12.2 Å². The van der Waals surface area contributed by atoms with Crippen molar-refractivity contribution in [3.63, 3.8) is 0 Å². The van der Waals surface area contributed by atoms with Crippen molar-refractivity contribution < 1.29 is 5.11 Å². The maximum absolute atomic E-state index is 10.9. The van der Waals surface area contributed by atoms with Crippen molar-refractivity contribution in [2.24, 2.45) is 11.3 Å². The van der Waals surface area contributed by atoms with Gasteiger partial charge in [0.15, 0.2) is 0 Å².